The molecule has 0 unspecified atom stereocenters. The Morgan fingerprint density at radius 1 is 0.947 bits per heavy atom. The number of aliphatic hydroxyl groups excluding tert-OH is 1. The van der Waals surface area contributed by atoms with Crippen LogP contribution in [0.1, 0.15) is 12.8 Å². The molecule has 0 saturated carbocycles. The Balaban J connectivity index is 1.14. The molecule has 9 nitrogen and oxygen atoms in total. The molecular weight excluding hydrogens is 485 g/mol. The van der Waals surface area contributed by atoms with E-state index in [1.54, 1.807) is 30.9 Å². The summed E-state index contributed by atoms with van der Waals surface area (Å²) in [6, 6.07) is 8.71. The van der Waals surface area contributed by atoms with Crippen LogP contribution in [0.4, 0.5) is 16.0 Å². The number of piperazine rings is 1. The van der Waals surface area contributed by atoms with Crippen molar-refractivity contribution in [3.8, 4) is 11.1 Å². The first-order valence-electron chi connectivity index (χ1n) is 13.0. The zero-order valence-corrected chi connectivity index (χ0v) is 21.1. The summed E-state index contributed by atoms with van der Waals surface area (Å²) in [4.78, 5) is 32.5. The highest BCUT2D eigenvalue weighted by Crippen LogP contribution is 2.32. The van der Waals surface area contributed by atoms with Gasteiger partial charge in [0.25, 0.3) is 0 Å². The van der Waals surface area contributed by atoms with Crippen LogP contribution in [-0.4, -0.2) is 80.8 Å². The van der Waals surface area contributed by atoms with E-state index in [0.29, 0.717) is 58.1 Å². The second-order valence-electron chi connectivity index (χ2n) is 9.90. The highest BCUT2D eigenvalue weighted by molar-refractivity contribution is 5.83. The van der Waals surface area contributed by atoms with E-state index in [1.165, 1.54) is 12.1 Å². The molecule has 2 aliphatic heterocycles. The van der Waals surface area contributed by atoms with Gasteiger partial charge in [0.15, 0.2) is 0 Å². The lowest BCUT2D eigenvalue weighted by Crippen LogP contribution is -2.49. The third-order valence-electron chi connectivity index (χ3n) is 7.51. The van der Waals surface area contributed by atoms with E-state index in [0.717, 1.165) is 27.7 Å². The van der Waals surface area contributed by atoms with E-state index in [4.69, 9.17) is 0 Å². The molecule has 6 rings (SSSR count). The summed E-state index contributed by atoms with van der Waals surface area (Å²) in [5, 5.41) is 10.8. The lowest BCUT2D eigenvalue weighted by atomic mass is 10.0. The third kappa shape index (κ3) is 4.91. The molecule has 5 heterocycles. The van der Waals surface area contributed by atoms with Gasteiger partial charge in [0.2, 0.25) is 11.9 Å². The number of hydrogen-bond donors (Lipinski definition) is 1. The number of pyridine rings is 1. The fourth-order valence-corrected chi connectivity index (χ4v) is 5.31. The fraction of sp³-hybridized carbons (Fsp3) is 0.357. The van der Waals surface area contributed by atoms with Gasteiger partial charge in [-0.2, -0.15) is 0 Å². The van der Waals surface area contributed by atoms with E-state index in [1.807, 2.05) is 27.8 Å². The first-order chi connectivity index (χ1) is 18.5. The van der Waals surface area contributed by atoms with Crippen molar-refractivity contribution in [3.05, 3.63) is 67.1 Å². The average molecular weight is 516 g/mol. The molecule has 4 aromatic rings. The molecule has 0 spiro atoms. The number of piperidine rings is 1. The number of aromatic nitrogens is 4. The zero-order chi connectivity index (χ0) is 26.1. The van der Waals surface area contributed by atoms with Gasteiger partial charge in [-0.3, -0.25) is 9.78 Å². The van der Waals surface area contributed by atoms with E-state index in [-0.39, 0.29) is 24.4 Å². The molecule has 0 radical (unpaired) electrons. The number of hydrogen-bond acceptors (Lipinski definition) is 7. The minimum absolute atomic E-state index is 0.0690. The van der Waals surface area contributed by atoms with Crippen LogP contribution in [0, 0.1) is 5.82 Å². The van der Waals surface area contributed by atoms with Gasteiger partial charge in [0.1, 0.15) is 12.4 Å². The van der Waals surface area contributed by atoms with Crippen molar-refractivity contribution < 1.29 is 14.3 Å². The molecule has 1 N–H and O–H groups in total. The van der Waals surface area contributed by atoms with Crippen molar-refractivity contribution in [2.24, 2.45) is 0 Å². The second-order valence-corrected chi connectivity index (χ2v) is 9.90. The summed E-state index contributed by atoms with van der Waals surface area (Å²) in [6.45, 7) is 4.17. The molecule has 0 atom stereocenters. The van der Waals surface area contributed by atoms with Gasteiger partial charge in [-0.25, -0.2) is 14.4 Å². The Kier molecular flexibility index (Phi) is 6.63. The van der Waals surface area contributed by atoms with Crippen molar-refractivity contribution in [2.75, 3.05) is 49.1 Å². The Morgan fingerprint density at radius 2 is 1.71 bits per heavy atom. The van der Waals surface area contributed by atoms with Crippen LogP contribution in [-0.2, 0) is 11.3 Å². The molecule has 2 aliphatic rings. The summed E-state index contributed by atoms with van der Waals surface area (Å²) in [7, 11) is 0. The lowest BCUT2D eigenvalue weighted by Gasteiger charge is -2.37. The van der Waals surface area contributed by atoms with Gasteiger partial charge in [0.05, 0.1) is 17.8 Å². The highest BCUT2D eigenvalue weighted by atomic mass is 19.1. The number of nitrogens with zero attached hydrogens (tertiary/aromatic N) is 7. The molecule has 196 valence electrons. The number of halogens is 1. The zero-order valence-electron chi connectivity index (χ0n) is 21.1. The second kappa shape index (κ2) is 10.4. The Morgan fingerprint density at radius 3 is 2.47 bits per heavy atom. The number of amides is 1. The van der Waals surface area contributed by atoms with Gasteiger partial charge in [0, 0.05) is 86.3 Å². The molecule has 2 fully saturated rings. The van der Waals surface area contributed by atoms with Crippen LogP contribution in [0.3, 0.4) is 0 Å². The minimum atomic E-state index is -0.319. The van der Waals surface area contributed by atoms with Gasteiger partial charge in [-0.05, 0) is 43.2 Å². The van der Waals surface area contributed by atoms with E-state index < -0.39 is 0 Å². The number of fused-ring (bicyclic) bond motifs is 1. The summed E-state index contributed by atoms with van der Waals surface area (Å²) in [5.41, 5.74) is 3.32. The number of rotatable bonds is 5. The normalized spacial score (nSPS) is 16.8. The quantitative estimate of drug-likeness (QED) is 0.437. The lowest BCUT2D eigenvalue weighted by molar-refractivity contribution is -0.132. The smallest absolute Gasteiger partial charge is 0.242 e. The van der Waals surface area contributed by atoms with Gasteiger partial charge >= 0.3 is 0 Å². The standard InChI is InChI=1S/C28H30FN7O2/c29-22-1-2-25(24(15-22)21-16-31-28(32-17-21)35-9-5-23(37)6-10-35)33-11-13-34(14-12-33)27(38)19-36-8-4-20-3-7-30-18-26(20)36/h1-4,7-8,15-18,23,37H,5-6,9-14,19H2. The number of carbonyl (C=O) groups excluding carboxylic acids is 1. The summed E-state index contributed by atoms with van der Waals surface area (Å²) < 4.78 is 16.3. The molecule has 10 heteroatoms. The molecule has 1 aromatic carbocycles. The van der Waals surface area contributed by atoms with Crippen LogP contribution in [0.5, 0.6) is 0 Å². The topological polar surface area (TPSA) is 90.6 Å². The summed E-state index contributed by atoms with van der Waals surface area (Å²) >= 11 is 0. The monoisotopic (exact) mass is 515 g/mol. The van der Waals surface area contributed by atoms with Crippen LogP contribution >= 0.6 is 0 Å². The number of benzene rings is 1. The van der Waals surface area contributed by atoms with Crippen molar-refractivity contribution >= 4 is 28.4 Å². The van der Waals surface area contributed by atoms with Gasteiger partial charge in [-0.15, -0.1) is 0 Å². The van der Waals surface area contributed by atoms with Crippen LogP contribution in [0.2, 0.25) is 0 Å². The van der Waals surface area contributed by atoms with E-state index >= 15 is 0 Å². The largest absolute Gasteiger partial charge is 0.393 e. The fourth-order valence-electron chi connectivity index (χ4n) is 5.31. The number of anilines is 2. The predicted molar refractivity (Wildman–Crippen MR) is 143 cm³/mol. The maximum atomic E-state index is 14.3. The Bertz CT molecular complexity index is 1420. The highest BCUT2D eigenvalue weighted by Gasteiger charge is 2.24. The Labute approximate surface area is 220 Å². The SMILES string of the molecule is O=C(Cn1ccc2ccncc21)N1CCN(c2ccc(F)cc2-c2cnc(N3CCC(O)CC3)nc2)CC1. The third-order valence-corrected chi connectivity index (χ3v) is 7.51. The van der Waals surface area contributed by atoms with E-state index in [2.05, 4.69) is 24.8 Å². The van der Waals surface area contributed by atoms with Crippen molar-refractivity contribution in [1.82, 2.24) is 24.4 Å². The molecule has 0 aliphatic carbocycles. The van der Waals surface area contributed by atoms with Crippen molar-refractivity contribution in [2.45, 2.75) is 25.5 Å². The first-order valence-corrected chi connectivity index (χ1v) is 13.0. The van der Waals surface area contributed by atoms with Crippen LogP contribution in [0.25, 0.3) is 22.0 Å². The molecule has 3 aromatic heterocycles. The summed E-state index contributed by atoms with van der Waals surface area (Å²) in [6.07, 6.45) is 10.1. The molecular formula is C28H30FN7O2. The maximum Gasteiger partial charge on any atom is 0.242 e. The van der Waals surface area contributed by atoms with E-state index in [9.17, 15) is 14.3 Å². The number of carbonyl (C=O) groups is 1. The van der Waals surface area contributed by atoms with Crippen LogP contribution < -0.4 is 9.80 Å². The molecule has 0 bridgehead atoms. The van der Waals surface area contributed by atoms with Crippen molar-refractivity contribution in [3.63, 3.8) is 0 Å². The maximum absolute atomic E-state index is 14.3. The predicted octanol–water partition coefficient (Wildman–Crippen LogP) is 2.94. The van der Waals surface area contributed by atoms with Crippen molar-refractivity contribution in [1.29, 1.82) is 0 Å². The minimum Gasteiger partial charge on any atom is -0.393 e. The van der Waals surface area contributed by atoms with Gasteiger partial charge < -0.3 is 24.4 Å². The average Bonchev–Trinajstić information content (AvgIpc) is 3.36. The summed E-state index contributed by atoms with van der Waals surface area (Å²) in [5.74, 6) is 0.372. The molecule has 1 amide bonds. The van der Waals surface area contributed by atoms with Crippen LogP contribution in [0.15, 0.2) is 61.3 Å². The first kappa shape index (κ1) is 24.3. The number of aliphatic hydroxyl groups is 1. The Hall–Kier alpha value is -4.05. The molecule has 38 heavy (non-hydrogen) atoms. The van der Waals surface area contributed by atoms with Gasteiger partial charge in [-0.1, -0.05) is 0 Å². The molecule has 2 saturated heterocycles.